The van der Waals surface area contributed by atoms with E-state index in [0.717, 1.165) is 5.69 Å². The Morgan fingerprint density at radius 1 is 1.08 bits per heavy atom. The minimum atomic E-state index is -0.222. The molecule has 0 unspecified atom stereocenters. The first-order chi connectivity index (χ1) is 6.18. The summed E-state index contributed by atoms with van der Waals surface area (Å²) in [4.78, 5) is 3.97. The summed E-state index contributed by atoms with van der Waals surface area (Å²) >= 11 is 0. The summed E-state index contributed by atoms with van der Waals surface area (Å²) in [5.74, 6) is -0.418. The molecule has 13 heavy (non-hydrogen) atoms. The van der Waals surface area contributed by atoms with Crippen LogP contribution in [0.2, 0.25) is 0 Å². The number of fused-ring (bicyclic) bond motifs is 1. The van der Waals surface area contributed by atoms with Gasteiger partial charge in [0.25, 0.3) is 0 Å². The number of hydrogen-bond donors (Lipinski definition) is 2. The molecule has 0 saturated carbocycles. The second kappa shape index (κ2) is 2.55. The van der Waals surface area contributed by atoms with Crippen molar-refractivity contribution in [2.24, 2.45) is 0 Å². The molecule has 0 aliphatic heterocycles. The number of aromatic hydroxyl groups is 2. The van der Waals surface area contributed by atoms with Crippen molar-refractivity contribution >= 4 is 10.8 Å². The zero-order valence-electron chi connectivity index (χ0n) is 6.89. The SMILES string of the molecule is Cc1cc2c(O)nnc(O)c2cn1. The van der Waals surface area contributed by atoms with Gasteiger partial charge in [0, 0.05) is 11.9 Å². The third-order valence-electron chi connectivity index (χ3n) is 1.76. The first kappa shape index (κ1) is 7.72. The average molecular weight is 177 g/mol. The van der Waals surface area contributed by atoms with Crippen molar-refractivity contribution in [1.82, 2.24) is 15.2 Å². The van der Waals surface area contributed by atoms with Crippen LogP contribution in [0.3, 0.4) is 0 Å². The number of aromatic nitrogens is 3. The first-order valence-electron chi connectivity index (χ1n) is 3.69. The van der Waals surface area contributed by atoms with Gasteiger partial charge in [-0.2, -0.15) is 0 Å². The second-order valence-electron chi connectivity index (χ2n) is 2.72. The lowest BCUT2D eigenvalue weighted by molar-refractivity contribution is 0.424. The van der Waals surface area contributed by atoms with Crippen LogP contribution >= 0.6 is 0 Å². The van der Waals surface area contributed by atoms with E-state index in [1.54, 1.807) is 13.0 Å². The van der Waals surface area contributed by atoms with Crippen LogP contribution in [-0.4, -0.2) is 25.4 Å². The summed E-state index contributed by atoms with van der Waals surface area (Å²) in [6, 6.07) is 1.64. The van der Waals surface area contributed by atoms with E-state index in [4.69, 9.17) is 0 Å². The Kier molecular flexibility index (Phi) is 1.51. The Labute approximate surface area is 73.7 Å². The van der Waals surface area contributed by atoms with E-state index in [2.05, 4.69) is 15.2 Å². The lowest BCUT2D eigenvalue weighted by atomic mass is 10.2. The predicted molar refractivity (Wildman–Crippen MR) is 45.4 cm³/mol. The van der Waals surface area contributed by atoms with E-state index in [1.165, 1.54) is 6.20 Å². The van der Waals surface area contributed by atoms with Crippen LogP contribution in [0.5, 0.6) is 11.8 Å². The van der Waals surface area contributed by atoms with Crippen molar-refractivity contribution in [3.63, 3.8) is 0 Å². The largest absolute Gasteiger partial charge is 0.492 e. The number of nitrogens with zero attached hydrogens (tertiary/aromatic N) is 3. The molecule has 0 fully saturated rings. The third-order valence-corrected chi connectivity index (χ3v) is 1.76. The van der Waals surface area contributed by atoms with Crippen molar-refractivity contribution in [3.05, 3.63) is 18.0 Å². The smallest absolute Gasteiger partial charge is 0.240 e. The highest BCUT2D eigenvalue weighted by Crippen LogP contribution is 2.26. The fraction of sp³-hybridized carbons (Fsp3) is 0.125. The molecular weight excluding hydrogens is 170 g/mol. The Morgan fingerprint density at radius 2 is 1.69 bits per heavy atom. The maximum Gasteiger partial charge on any atom is 0.240 e. The molecule has 2 aromatic heterocycles. The van der Waals surface area contributed by atoms with Gasteiger partial charge in [-0.05, 0) is 13.0 Å². The molecule has 0 atom stereocenters. The van der Waals surface area contributed by atoms with E-state index in [1.807, 2.05) is 0 Å². The highest BCUT2D eigenvalue weighted by Gasteiger charge is 2.07. The molecule has 0 aliphatic rings. The molecule has 0 bridgehead atoms. The molecule has 0 spiro atoms. The Balaban J connectivity index is 2.92. The van der Waals surface area contributed by atoms with Crippen molar-refractivity contribution < 1.29 is 10.2 Å². The minimum absolute atomic E-state index is 0.196. The van der Waals surface area contributed by atoms with Gasteiger partial charge in [0.05, 0.1) is 10.8 Å². The summed E-state index contributed by atoms with van der Waals surface area (Å²) < 4.78 is 0. The molecule has 2 N–H and O–H groups in total. The summed E-state index contributed by atoms with van der Waals surface area (Å²) in [6.45, 7) is 1.79. The molecular formula is C8H7N3O2. The van der Waals surface area contributed by atoms with Gasteiger partial charge in [0.1, 0.15) is 0 Å². The van der Waals surface area contributed by atoms with E-state index in [9.17, 15) is 10.2 Å². The van der Waals surface area contributed by atoms with E-state index >= 15 is 0 Å². The fourth-order valence-corrected chi connectivity index (χ4v) is 1.13. The molecule has 5 heteroatoms. The van der Waals surface area contributed by atoms with E-state index in [-0.39, 0.29) is 11.8 Å². The second-order valence-corrected chi connectivity index (χ2v) is 2.72. The zero-order valence-corrected chi connectivity index (χ0v) is 6.89. The monoisotopic (exact) mass is 177 g/mol. The first-order valence-corrected chi connectivity index (χ1v) is 3.69. The minimum Gasteiger partial charge on any atom is -0.492 e. The molecule has 2 rings (SSSR count). The Hall–Kier alpha value is -1.91. The third kappa shape index (κ3) is 1.14. The Bertz CT molecular complexity index is 470. The molecule has 66 valence electrons. The summed E-state index contributed by atoms with van der Waals surface area (Å²) in [6.07, 6.45) is 1.45. The number of hydrogen-bond acceptors (Lipinski definition) is 5. The van der Waals surface area contributed by atoms with Gasteiger partial charge < -0.3 is 10.2 Å². The van der Waals surface area contributed by atoms with Crippen molar-refractivity contribution in [3.8, 4) is 11.8 Å². The lowest BCUT2D eigenvalue weighted by Gasteiger charge is -2.00. The summed E-state index contributed by atoms with van der Waals surface area (Å²) in [5, 5.41) is 26.2. The quantitative estimate of drug-likeness (QED) is 0.620. The van der Waals surface area contributed by atoms with Crippen LogP contribution in [0.25, 0.3) is 10.8 Å². The molecule has 0 amide bonds. The van der Waals surface area contributed by atoms with Gasteiger partial charge in [-0.25, -0.2) is 0 Å². The van der Waals surface area contributed by atoms with Crippen LogP contribution < -0.4 is 0 Å². The normalized spacial score (nSPS) is 10.5. The summed E-state index contributed by atoms with van der Waals surface area (Å²) in [5.41, 5.74) is 0.746. The van der Waals surface area contributed by atoms with E-state index in [0.29, 0.717) is 10.8 Å². The van der Waals surface area contributed by atoms with Crippen LogP contribution in [0.15, 0.2) is 12.3 Å². The van der Waals surface area contributed by atoms with Gasteiger partial charge in [0.15, 0.2) is 0 Å². The van der Waals surface area contributed by atoms with Crippen molar-refractivity contribution in [2.75, 3.05) is 0 Å². The number of pyridine rings is 1. The number of rotatable bonds is 0. The molecule has 2 heterocycles. The van der Waals surface area contributed by atoms with Gasteiger partial charge in [0.2, 0.25) is 11.8 Å². The molecule has 0 aliphatic carbocycles. The molecule has 0 saturated heterocycles. The topological polar surface area (TPSA) is 79.1 Å². The average Bonchev–Trinajstić information content (AvgIpc) is 2.12. The lowest BCUT2D eigenvalue weighted by Crippen LogP contribution is -1.88. The van der Waals surface area contributed by atoms with Crippen LogP contribution in [0.1, 0.15) is 5.69 Å². The van der Waals surface area contributed by atoms with Crippen molar-refractivity contribution in [1.29, 1.82) is 0 Å². The highest BCUT2D eigenvalue weighted by molar-refractivity contribution is 5.89. The predicted octanol–water partition coefficient (Wildman–Crippen LogP) is 0.744. The van der Waals surface area contributed by atoms with Crippen LogP contribution in [0, 0.1) is 6.92 Å². The highest BCUT2D eigenvalue weighted by atomic mass is 16.3. The molecule has 5 nitrogen and oxygen atoms in total. The number of aryl methyl sites for hydroxylation is 1. The molecule has 2 aromatic rings. The summed E-state index contributed by atoms with van der Waals surface area (Å²) in [7, 11) is 0. The Morgan fingerprint density at radius 3 is 2.38 bits per heavy atom. The van der Waals surface area contributed by atoms with Crippen LogP contribution in [-0.2, 0) is 0 Å². The van der Waals surface area contributed by atoms with Gasteiger partial charge >= 0.3 is 0 Å². The van der Waals surface area contributed by atoms with Gasteiger partial charge in [-0.1, -0.05) is 0 Å². The fourth-order valence-electron chi connectivity index (χ4n) is 1.13. The molecule has 0 radical (unpaired) electrons. The maximum atomic E-state index is 9.31. The zero-order chi connectivity index (χ0) is 9.42. The maximum absolute atomic E-state index is 9.31. The van der Waals surface area contributed by atoms with Crippen molar-refractivity contribution in [2.45, 2.75) is 6.92 Å². The van der Waals surface area contributed by atoms with Crippen LogP contribution in [0.4, 0.5) is 0 Å². The van der Waals surface area contributed by atoms with Gasteiger partial charge in [-0.15, -0.1) is 10.2 Å². The molecule has 0 aromatic carbocycles. The van der Waals surface area contributed by atoms with E-state index < -0.39 is 0 Å². The van der Waals surface area contributed by atoms with Gasteiger partial charge in [-0.3, -0.25) is 4.98 Å². The standard InChI is InChI=1S/C8H7N3O2/c1-4-2-5-6(3-9-4)8(13)11-10-7(5)12/h2-3H,1H3,(H,10,12)(H,11,13).